The average Bonchev–Trinajstić information content (AvgIpc) is 2.61. The van der Waals surface area contributed by atoms with Crippen molar-refractivity contribution in [1.29, 1.82) is 0 Å². The first-order valence-corrected chi connectivity index (χ1v) is 8.44. The summed E-state index contributed by atoms with van der Waals surface area (Å²) in [5.74, 6) is -0.456. The van der Waals surface area contributed by atoms with Gasteiger partial charge in [0.05, 0.1) is 18.7 Å². The predicted molar refractivity (Wildman–Crippen MR) is 99.5 cm³/mol. The largest absolute Gasteiger partial charge is 0.493 e. The van der Waals surface area contributed by atoms with E-state index in [0.29, 0.717) is 35.8 Å². The number of rotatable bonds is 8. The van der Waals surface area contributed by atoms with E-state index in [4.69, 9.17) is 26.2 Å². The minimum Gasteiger partial charge on any atom is -0.493 e. The predicted octanol–water partition coefficient (Wildman–Crippen LogP) is 4.02. The second-order valence-electron chi connectivity index (χ2n) is 5.47. The summed E-state index contributed by atoms with van der Waals surface area (Å²) < 4.78 is 10.7. The maximum atomic E-state index is 12.5. The van der Waals surface area contributed by atoms with Crippen LogP contribution in [0.1, 0.15) is 29.3 Å². The smallest absolute Gasteiger partial charge is 0.303 e. The van der Waals surface area contributed by atoms with Gasteiger partial charge in [-0.05, 0) is 43.2 Å². The number of ether oxygens (including phenoxy) is 2. The van der Waals surface area contributed by atoms with Gasteiger partial charge in [0.15, 0.2) is 11.5 Å². The van der Waals surface area contributed by atoms with Crippen molar-refractivity contribution in [2.45, 2.75) is 19.8 Å². The molecule has 0 spiro atoms. The molecule has 1 amide bonds. The Hall–Kier alpha value is -2.73. The molecular formula is C19H20ClNO5. The van der Waals surface area contributed by atoms with E-state index in [-0.39, 0.29) is 17.4 Å². The number of amides is 1. The molecule has 0 radical (unpaired) electrons. The number of carboxylic acids is 1. The van der Waals surface area contributed by atoms with Gasteiger partial charge in [0.2, 0.25) is 0 Å². The van der Waals surface area contributed by atoms with Gasteiger partial charge in [-0.1, -0.05) is 23.7 Å². The lowest BCUT2D eigenvalue weighted by molar-refractivity contribution is -0.136. The molecule has 2 aromatic rings. The molecule has 0 fully saturated rings. The van der Waals surface area contributed by atoms with Crippen LogP contribution in [0.15, 0.2) is 36.4 Å². The Morgan fingerprint density at radius 3 is 2.65 bits per heavy atom. The van der Waals surface area contributed by atoms with Crippen molar-refractivity contribution in [3.05, 3.63) is 52.5 Å². The lowest BCUT2D eigenvalue weighted by Crippen LogP contribution is -2.12. The number of methoxy groups -OCH3 is 1. The Morgan fingerprint density at radius 1 is 1.23 bits per heavy atom. The van der Waals surface area contributed by atoms with Crippen molar-refractivity contribution in [3.8, 4) is 11.5 Å². The number of anilines is 1. The molecule has 26 heavy (non-hydrogen) atoms. The first-order valence-electron chi connectivity index (χ1n) is 8.07. The summed E-state index contributed by atoms with van der Waals surface area (Å²) in [5, 5.41) is 11.8. The third-order valence-electron chi connectivity index (χ3n) is 3.59. The number of halogens is 1. The molecule has 138 valence electrons. The summed E-state index contributed by atoms with van der Waals surface area (Å²) in [4.78, 5) is 23.2. The molecule has 0 bridgehead atoms. The van der Waals surface area contributed by atoms with Crippen LogP contribution in [0.2, 0.25) is 5.02 Å². The van der Waals surface area contributed by atoms with E-state index in [1.165, 1.54) is 13.2 Å². The van der Waals surface area contributed by atoms with Gasteiger partial charge in [-0.3, -0.25) is 9.59 Å². The van der Waals surface area contributed by atoms with Gasteiger partial charge in [0, 0.05) is 17.7 Å². The molecule has 0 aliphatic heterocycles. The van der Waals surface area contributed by atoms with Crippen LogP contribution >= 0.6 is 11.6 Å². The monoisotopic (exact) mass is 377 g/mol. The van der Waals surface area contributed by atoms with Crippen LogP contribution in [0.5, 0.6) is 11.5 Å². The lowest BCUT2D eigenvalue weighted by Gasteiger charge is -2.13. The van der Waals surface area contributed by atoms with Gasteiger partial charge in [0.1, 0.15) is 0 Å². The van der Waals surface area contributed by atoms with E-state index >= 15 is 0 Å². The number of benzene rings is 2. The topological polar surface area (TPSA) is 84.9 Å². The highest BCUT2D eigenvalue weighted by atomic mass is 35.5. The van der Waals surface area contributed by atoms with Crippen LogP contribution in [-0.4, -0.2) is 30.7 Å². The van der Waals surface area contributed by atoms with Gasteiger partial charge in [-0.25, -0.2) is 0 Å². The van der Waals surface area contributed by atoms with E-state index < -0.39 is 5.97 Å². The Balaban J connectivity index is 2.18. The number of carbonyl (C=O) groups is 2. The Labute approximate surface area is 156 Å². The highest BCUT2D eigenvalue weighted by Crippen LogP contribution is 2.36. The Kier molecular flexibility index (Phi) is 6.86. The quantitative estimate of drug-likeness (QED) is 0.725. The molecule has 0 unspecified atom stereocenters. The summed E-state index contributed by atoms with van der Waals surface area (Å²) in [6, 6.07) is 10.1. The normalized spacial score (nSPS) is 10.3. The van der Waals surface area contributed by atoms with Gasteiger partial charge >= 0.3 is 5.97 Å². The molecule has 0 aliphatic rings. The molecule has 2 aromatic carbocycles. The number of aryl methyl sites for hydroxylation is 1. The molecule has 0 saturated carbocycles. The molecular weight excluding hydrogens is 358 g/mol. The average molecular weight is 378 g/mol. The molecule has 0 aromatic heterocycles. The zero-order valence-electron chi connectivity index (χ0n) is 14.5. The van der Waals surface area contributed by atoms with Crippen molar-refractivity contribution in [2.24, 2.45) is 0 Å². The number of carboxylic acid groups (broad SMARTS) is 1. The molecule has 0 atom stereocenters. The molecule has 2 N–H and O–H groups in total. The van der Waals surface area contributed by atoms with Crippen LogP contribution in [0, 0.1) is 0 Å². The van der Waals surface area contributed by atoms with Crippen LogP contribution in [-0.2, 0) is 11.2 Å². The number of hydrogen-bond acceptors (Lipinski definition) is 4. The molecule has 6 nitrogen and oxygen atoms in total. The molecule has 7 heteroatoms. The maximum Gasteiger partial charge on any atom is 0.303 e. The number of aliphatic carboxylic acids is 1. The van der Waals surface area contributed by atoms with Crippen molar-refractivity contribution >= 4 is 29.2 Å². The fraction of sp³-hybridized carbons (Fsp3) is 0.263. The second-order valence-corrected chi connectivity index (χ2v) is 5.88. The van der Waals surface area contributed by atoms with Crippen LogP contribution in [0.25, 0.3) is 0 Å². The third-order valence-corrected chi connectivity index (χ3v) is 3.87. The van der Waals surface area contributed by atoms with Gasteiger partial charge in [0.25, 0.3) is 5.91 Å². The van der Waals surface area contributed by atoms with Crippen molar-refractivity contribution in [3.63, 3.8) is 0 Å². The zero-order valence-corrected chi connectivity index (χ0v) is 15.3. The summed E-state index contributed by atoms with van der Waals surface area (Å²) in [6.07, 6.45) is 0.421. The lowest BCUT2D eigenvalue weighted by atomic mass is 10.1. The minimum atomic E-state index is -0.865. The zero-order chi connectivity index (χ0) is 19.1. The number of hydrogen-bond donors (Lipinski definition) is 2. The van der Waals surface area contributed by atoms with Crippen LogP contribution < -0.4 is 14.8 Å². The van der Waals surface area contributed by atoms with Gasteiger partial charge in [-0.15, -0.1) is 0 Å². The Bertz CT molecular complexity index is 807. The highest BCUT2D eigenvalue weighted by Gasteiger charge is 2.16. The summed E-state index contributed by atoms with van der Waals surface area (Å²) >= 11 is 6.19. The standard InChI is InChI=1S/C19H20ClNO5/c1-3-26-18-15(20)10-13(11-16(18)25-2)19(24)21-14-6-4-5-12(9-14)7-8-17(22)23/h4-6,9-11H,3,7-8H2,1-2H3,(H,21,24)(H,22,23). The van der Waals surface area contributed by atoms with Gasteiger partial charge in [-0.2, -0.15) is 0 Å². The summed E-state index contributed by atoms with van der Waals surface area (Å²) in [6.45, 7) is 2.25. The molecule has 0 heterocycles. The van der Waals surface area contributed by atoms with E-state index in [9.17, 15) is 9.59 Å². The summed E-state index contributed by atoms with van der Waals surface area (Å²) in [7, 11) is 1.47. The minimum absolute atomic E-state index is 0.0309. The van der Waals surface area contributed by atoms with Crippen LogP contribution in [0.4, 0.5) is 5.69 Å². The first-order chi connectivity index (χ1) is 12.4. The SMILES string of the molecule is CCOc1c(Cl)cc(C(=O)Nc2cccc(CCC(=O)O)c2)cc1OC. The molecule has 2 rings (SSSR count). The molecule has 0 saturated heterocycles. The van der Waals surface area contributed by atoms with E-state index in [0.717, 1.165) is 5.56 Å². The third kappa shape index (κ3) is 5.13. The van der Waals surface area contributed by atoms with Crippen molar-refractivity contribution < 1.29 is 24.2 Å². The van der Waals surface area contributed by atoms with E-state index in [1.54, 1.807) is 24.3 Å². The molecule has 0 aliphatic carbocycles. The van der Waals surface area contributed by atoms with E-state index in [1.807, 2.05) is 13.0 Å². The summed E-state index contributed by atoms with van der Waals surface area (Å²) in [5.41, 5.74) is 1.72. The van der Waals surface area contributed by atoms with Crippen molar-refractivity contribution in [1.82, 2.24) is 0 Å². The number of carbonyl (C=O) groups excluding carboxylic acids is 1. The van der Waals surface area contributed by atoms with E-state index in [2.05, 4.69) is 5.32 Å². The fourth-order valence-corrected chi connectivity index (χ4v) is 2.66. The maximum absolute atomic E-state index is 12.5. The number of nitrogens with one attached hydrogen (secondary N) is 1. The first kappa shape index (κ1) is 19.6. The fourth-order valence-electron chi connectivity index (χ4n) is 2.39. The van der Waals surface area contributed by atoms with Crippen molar-refractivity contribution in [2.75, 3.05) is 19.0 Å². The highest BCUT2D eigenvalue weighted by molar-refractivity contribution is 6.32. The van der Waals surface area contributed by atoms with Crippen LogP contribution in [0.3, 0.4) is 0 Å². The second kappa shape index (κ2) is 9.10. The van der Waals surface area contributed by atoms with Gasteiger partial charge < -0.3 is 19.9 Å². The Morgan fingerprint density at radius 2 is 2.00 bits per heavy atom.